The van der Waals surface area contributed by atoms with Gasteiger partial charge in [-0.3, -0.25) is 9.20 Å². The number of aryl methyl sites for hydroxylation is 1. The van der Waals surface area contributed by atoms with Crippen LogP contribution in [-0.4, -0.2) is 14.1 Å². The summed E-state index contributed by atoms with van der Waals surface area (Å²) in [7, 11) is 0. The van der Waals surface area contributed by atoms with Crippen molar-refractivity contribution in [3.05, 3.63) is 87.1 Å². The molecule has 24 heavy (non-hydrogen) atoms. The zero-order chi connectivity index (χ0) is 16.8. The first-order chi connectivity index (χ1) is 11.6. The second-order valence-electron chi connectivity index (χ2n) is 5.73. The summed E-state index contributed by atoms with van der Waals surface area (Å²) in [4.78, 5) is 25.6. The zero-order valence-corrected chi connectivity index (χ0v) is 12.9. The summed E-state index contributed by atoms with van der Waals surface area (Å²) in [5, 5.41) is 11.8. The monoisotopic (exact) mass is 318 g/mol. The number of benzene rings is 2. The van der Waals surface area contributed by atoms with Gasteiger partial charge in [0, 0.05) is 11.6 Å². The van der Waals surface area contributed by atoms with Crippen LogP contribution in [0.5, 0.6) is 5.88 Å². The van der Waals surface area contributed by atoms with Gasteiger partial charge in [0.2, 0.25) is 11.3 Å². The molecule has 1 N–H and O–H groups in total. The van der Waals surface area contributed by atoms with Crippen molar-refractivity contribution in [2.75, 3.05) is 0 Å². The van der Waals surface area contributed by atoms with Gasteiger partial charge in [-0.1, -0.05) is 42.0 Å². The van der Waals surface area contributed by atoms with Crippen molar-refractivity contribution < 1.29 is 5.11 Å². The number of aromatic nitrogens is 2. The molecule has 2 aromatic heterocycles. The lowest BCUT2D eigenvalue weighted by Gasteiger charge is -2.02. The zero-order valence-electron chi connectivity index (χ0n) is 12.9. The second kappa shape index (κ2) is 5.09. The Bertz CT molecular complexity index is 1200. The first-order valence-electron chi connectivity index (χ1n) is 7.53. The standard InChI is InChI=1S/C19H14N2O3/c1-12-6-8-14(9-7-12)21-18(23)16-17(22)15-5-3-2-4-13(15)10-11-20(16)19(21)24/h2-11,23H,1H3. The van der Waals surface area contributed by atoms with E-state index < -0.39 is 5.69 Å². The molecule has 0 unspecified atom stereocenters. The highest BCUT2D eigenvalue weighted by molar-refractivity contribution is 5.85. The average Bonchev–Trinajstić information content (AvgIpc) is 2.74. The van der Waals surface area contributed by atoms with Crippen molar-refractivity contribution in [1.82, 2.24) is 8.97 Å². The van der Waals surface area contributed by atoms with Crippen molar-refractivity contribution in [3.63, 3.8) is 0 Å². The van der Waals surface area contributed by atoms with Gasteiger partial charge in [0.15, 0.2) is 5.52 Å². The molecule has 0 fully saturated rings. The van der Waals surface area contributed by atoms with Gasteiger partial charge in [-0.2, -0.15) is 0 Å². The highest BCUT2D eigenvalue weighted by Gasteiger charge is 2.18. The van der Waals surface area contributed by atoms with Gasteiger partial charge >= 0.3 is 5.69 Å². The summed E-state index contributed by atoms with van der Waals surface area (Å²) in [5.41, 5.74) is 0.664. The van der Waals surface area contributed by atoms with E-state index in [2.05, 4.69) is 0 Å². The maximum atomic E-state index is 12.8. The van der Waals surface area contributed by atoms with Gasteiger partial charge in [-0.25, -0.2) is 9.36 Å². The molecule has 2 aromatic carbocycles. The minimum Gasteiger partial charge on any atom is -0.493 e. The fraction of sp³-hybridized carbons (Fsp3) is 0.0526. The third-order valence-corrected chi connectivity index (χ3v) is 4.18. The lowest BCUT2D eigenvalue weighted by molar-refractivity contribution is 0.446. The van der Waals surface area contributed by atoms with Crippen LogP contribution in [0.1, 0.15) is 5.56 Å². The fourth-order valence-electron chi connectivity index (χ4n) is 2.91. The number of hydrogen-bond donors (Lipinski definition) is 1. The summed E-state index contributed by atoms with van der Waals surface area (Å²) in [6.07, 6.45) is 1.52. The maximum Gasteiger partial charge on any atom is 0.340 e. The van der Waals surface area contributed by atoms with Crippen LogP contribution in [0.3, 0.4) is 0 Å². The molecule has 0 amide bonds. The molecule has 118 valence electrons. The molecule has 5 nitrogen and oxygen atoms in total. The molecule has 0 aliphatic rings. The van der Waals surface area contributed by atoms with Crippen molar-refractivity contribution in [2.45, 2.75) is 6.92 Å². The largest absolute Gasteiger partial charge is 0.493 e. The van der Waals surface area contributed by atoms with Gasteiger partial charge in [-0.05, 0) is 30.5 Å². The molecule has 0 aliphatic carbocycles. The van der Waals surface area contributed by atoms with Crippen molar-refractivity contribution in [2.24, 2.45) is 0 Å². The Morgan fingerprint density at radius 3 is 2.38 bits per heavy atom. The van der Waals surface area contributed by atoms with Crippen LogP contribution in [-0.2, 0) is 0 Å². The fourth-order valence-corrected chi connectivity index (χ4v) is 2.91. The number of hydrogen-bond acceptors (Lipinski definition) is 3. The first-order valence-corrected chi connectivity index (χ1v) is 7.53. The minimum absolute atomic E-state index is 0.0261. The number of rotatable bonds is 1. The van der Waals surface area contributed by atoms with Crippen LogP contribution in [0.4, 0.5) is 0 Å². The Hall–Kier alpha value is -3.34. The molecule has 0 radical (unpaired) electrons. The summed E-state index contributed by atoms with van der Waals surface area (Å²) < 4.78 is 2.34. The molecular formula is C19H14N2O3. The predicted octanol–water partition coefficient (Wildman–Crippen LogP) is 2.62. The van der Waals surface area contributed by atoms with Gasteiger partial charge in [0.05, 0.1) is 5.69 Å². The molecule has 0 saturated heterocycles. The van der Waals surface area contributed by atoms with Crippen LogP contribution >= 0.6 is 0 Å². The summed E-state index contributed by atoms with van der Waals surface area (Å²) >= 11 is 0. The van der Waals surface area contributed by atoms with Crippen LogP contribution in [0, 0.1) is 6.92 Å². The topological polar surface area (TPSA) is 63.7 Å². The Labute approximate surface area is 136 Å². The van der Waals surface area contributed by atoms with Crippen molar-refractivity contribution in [3.8, 4) is 11.6 Å². The van der Waals surface area contributed by atoms with Crippen molar-refractivity contribution >= 4 is 16.3 Å². The van der Waals surface area contributed by atoms with Crippen LogP contribution in [0.15, 0.2) is 70.4 Å². The van der Waals surface area contributed by atoms with E-state index in [4.69, 9.17) is 0 Å². The lowest BCUT2D eigenvalue weighted by atomic mass is 10.2. The smallest absolute Gasteiger partial charge is 0.340 e. The van der Waals surface area contributed by atoms with E-state index in [1.54, 1.807) is 36.4 Å². The van der Waals surface area contributed by atoms with Crippen LogP contribution in [0.2, 0.25) is 0 Å². The Morgan fingerprint density at radius 2 is 1.62 bits per heavy atom. The highest BCUT2D eigenvalue weighted by Crippen LogP contribution is 2.20. The normalized spacial score (nSPS) is 11.2. The maximum absolute atomic E-state index is 12.8. The van der Waals surface area contributed by atoms with Crippen LogP contribution in [0.25, 0.3) is 22.0 Å². The molecule has 4 rings (SSSR count). The Balaban J connectivity index is 2.19. The number of fused-ring (bicyclic) bond motifs is 2. The lowest BCUT2D eigenvalue weighted by Crippen LogP contribution is -2.18. The first kappa shape index (κ1) is 14.3. The quantitative estimate of drug-likeness (QED) is 0.587. The summed E-state index contributed by atoms with van der Waals surface area (Å²) in [5.74, 6) is -0.352. The third-order valence-electron chi connectivity index (χ3n) is 4.18. The summed E-state index contributed by atoms with van der Waals surface area (Å²) in [6.45, 7) is 1.94. The molecule has 0 bridgehead atoms. The molecule has 4 aromatic rings. The van der Waals surface area contributed by atoms with E-state index in [0.717, 1.165) is 10.1 Å². The number of nitrogens with zero attached hydrogens (tertiary/aromatic N) is 2. The van der Waals surface area contributed by atoms with Crippen LogP contribution < -0.4 is 11.1 Å². The molecule has 0 aliphatic heterocycles. The van der Waals surface area contributed by atoms with Crippen molar-refractivity contribution in [1.29, 1.82) is 0 Å². The molecule has 2 heterocycles. The Morgan fingerprint density at radius 1 is 0.917 bits per heavy atom. The van der Waals surface area contributed by atoms with E-state index in [-0.39, 0.29) is 16.8 Å². The van der Waals surface area contributed by atoms with Gasteiger partial charge in [0.25, 0.3) is 0 Å². The SMILES string of the molecule is Cc1ccc(-n2c(O)c3c(=O)c4ccccc4ccn3c2=O)cc1. The van der Waals surface area contributed by atoms with Gasteiger partial charge in [-0.15, -0.1) is 0 Å². The van der Waals surface area contributed by atoms with E-state index in [9.17, 15) is 14.7 Å². The van der Waals surface area contributed by atoms with E-state index in [1.165, 1.54) is 10.6 Å². The second-order valence-corrected chi connectivity index (χ2v) is 5.73. The Kier molecular flexibility index (Phi) is 3.03. The molecule has 0 spiro atoms. The van der Waals surface area contributed by atoms with E-state index in [1.807, 2.05) is 25.1 Å². The molecule has 0 atom stereocenters. The number of imidazole rings is 1. The molecule has 5 heteroatoms. The minimum atomic E-state index is -0.483. The molecule has 0 saturated carbocycles. The molecular weight excluding hydrogens is 304 g/mol. The summed E-state index contributed by atoms with van der Waals surface area (Å²) in [6, 6.07) is 15.9. The predicted molar refractivity (Wildman–Crippen MR) is 93.2 cm³/mol. The van der Waals surface area contributed by atoms with Gasteiger partial charge in [0.1, 0.15) is 0 Å². The number of aromatic hydroxyl groups is 1. The van der Waals surface area contributed by atoms with E-state index >= 15 is 0 Å². The van der Waals surface area contributed by atoms with E-state index in [0.29, 0.717) is 16.5 Å². The highest BCUT2D eigenvalue weighted by atomic mass is 16.3. The average molecular weight is 318 g/mol. The third kappa shape index (κ3) is 1.95. The van der Waals surface area contributed by atoms with Gasteiger partial charge < -0.3 is 5.11 Å².